The van der Waals surface area contributed by atoms with Gasteiger partial charge in [0.15, 0.2) is 0 Å². The van der Waals surface area contributed by atoms with Crippen LogP contribution in [-0.2, 0) is 6.54 Å². The molecule has 1 aromatic carbocycles. The summed E-state index contributed by atoms with van der Waals surface area (Å²) in [6, 6.07) is 9.78. The Morgan fingerprint density at radius 1 is 1.35 bits per heavy atom. The lowest BCUT2D eigenvalue weighted by molar-refractivity contribution is 0.415. The molecule has 0 amide bonds. The van der Waals surface area contributed by atoms with Crippen molar-refractivity contribution in [3.05, 3.63) is 46.9 Å². The van der Waals surface area contributed by atoms with Gasteiger partial charge in [-0.25, -0.2) is 0 Å². The lowest BCUT2D eigenvalue weighted by atomic mass is 10.3. The van der Waals surface area contributed by atoms with E-state index >= 15 is 0 Å². The molecule has 106 valence electrons. The van der Waals surface area contributed by atoms with Gasteiger partial charge in [0.1, 0.15) is 17.3 Å². The van der Waals surface area contributed by atoms with Crippen molar-refractivity contribution in [2.75, 3.05) is 12.4 Å². The van der Waals surface area contributed by atoms with Crippen LogP contribution in [0.2, 0.25) is 5.02 Å². The summed E-state index contributed by atoms with van der Waals surface area (Å²) >= 11 is 6.09. The van der Waals surface area contributed by atoms with Crippen molar-refractivity contribution in [1.82, 2.24) is 0 Å². The van der Waals surface area contributed by atoms with E-state index in [-0.39, 0.29) is 0 Å². The summed E-state index contributed by atoms with van der Waals surface area (Å²) in [5.74, 6) is 4.13. The highest BCUT2D eigenvalue weighted by Gasteiger charge is 2.36. The summed E-state index contributed by atoms with van der Waals surface area (Å²) in [6.45, 7) is 2.91. The van der Waals surface area contributed by atoms with Crippen molar-refractivity contribution in [3.63, 3.8) is 0 Å². The van der Waals surface area contributed by atoms with Crippen LogP contribution in [0.4, 0.5) is 5.69 Å². The van der Waals surface area contributed by atoms with E-state index in [0.717, 1.165) is 23.1 Å². The molecule has 2 atom stereocenters. The largest absolute Gasteiger partial charge is 0.495 e. The zero-order valence-electron chi connectivity index (χ0n) is 11.7. The highest BCUT2D eigenvalue weighted by atomic mass is 35.5. The van der Waals surface area contributed by atoms with Gasteiger partial charge in [-0.2, -0.15) is 0 Å². The van der Waals surface area contributed by atoms with E-state index in [1.165, 1.54) is 6.42 Å². The normalized spacial score (nSPS) is 20.8. The minimum Gasteiger partial charge on any atom is -0.495 e. The summed E-state index contributed by atoms with van der Waals surface area (Å²) in [4.78, 5) is 0. The van der Waals surface area contributed by atoms with Crippen LogP contribution in [0, 0.1) is 5.92 Å². The first kappa shape index (κ1) is 13.4. The molecule has 1 heterocycles. The minimum absolute atomic E-state index is 0.601. The van der Waals surface area contributed by atoms with E-state index in [4.69, 9.17) is 20.8 Å². The molecule has 4 heteroatoms. The molecule has 0 radical (unpaired) electrons. The van der Waals surface area contributed by atoms with E-state index < -0.39 is 0 Å². The molecule has 0 bridgehead atoms. The van der Waals surface area contributed by atoms with Crippen molar-refractivity contribution in [2.24, 2.45) is 5.92 Å². The lowest BCUT2D eigenvalue weighted by Gasteiger charge is -2.07. The molecule has 1 aliphatic rings. The third-order valence-electron chi connectivity index (χ3n) is 3.78. The van der Waals surface area contributed by atoms with Crippen LogP contribution in [0.25, 0.3) is 0 Å². The third-order valence-corrected chi connectivity index (χ3v) is 4.07. The summed E-state index contributed by atoms with van der Waals surface area (Å²) in [5.41, 5.74) is 0.952. The fraction of sp³-hybridized carbons (Fsp3) is 0.375. The predicted octanol–water partition coefficient (Wildman–Crippen LogP) is 4.68. The van der Waals surface area contributed by atoms with Crippen molar-refractivity contribution >= 4 is 17.3 Å². The number of anilines is 1. The maximum atomic E-state index is 6.09. The second-order valence-corrected chi connectivity index (χ2v) is 5.73. The Hall–Kier alpha value is -1.61. The van der Waals surface area contributed by atoms with Crippen LogP contribution in [0.3, 0.4) is 0 Å². The van der Waals surface area contributed by atoms with E-state index in [9.17, 15) is 0 Å². The van der Waals surface area contributed by atoms with Crippen LogP contribution in [-0.4, -0.2) is 7.11 Å². The molecule has 20 heavy (non-hydrogen) atoms. The molecule has 0 aliphatic heterocycles. The van der Waals surface area contributed by atoms with Gasteiger partial charge in [-0.3, -0.25) is 0 Å². The van der Waals surface area contributed by atoms with Crippen molar-refractivity contribution < 1.29 is 9.15 Å². The molecule has 0 saturated heterocycles. The third kappa shape index (κ3) is 2.78. The Morgan fingerprint density at radius 3 is 2.80 bits per heavy atom. The molecular formula is C16H18ClNO2. The summed E-state index contributed by atoms with van der Waals surface area (Å²) in [5, 5.41) is 3.90. The monoisotopic (exact) mass is 291 g/mol. The molecule has 1 fully saturated rings. The molecule has 1 aliphatic carbocycles. The highest BCUT2D eigenvalue weighted by molar-refractivity contribution is 6.32. The maximum absolute atomic E-state index is 6.09. The fourth-order valence-electron chi connectivity index (χ4n) is 2.37. The van der Waals surface area contributed by atoms with Gasteiger partial charge >= 0.3 is 0 Å². The number of benzene rings is 1. The first-order chi connectivity index (χ1) is 9.67. The number of methoxy groups -OCH3 is 1. The summed E-state index contributed by atoms with van der Waals surface area (Å²) in [6.07, 6.45) is 1.24. The van der Waals surface area contributed by atoms with Crippen molar-refractivity contribution in [3.8, 4) is 5.75 Å². The number of hydrogen-bond acceptors (Lipinski definition) is 3. The number of nitrogens with one attached hydrogen (secondary N) is 1. The van der Waals surface area contributed by atoms with Crippen molar-refractivity contribution in [1.29, 1.82) is 0 Å². The fourth-order valence-corrected chi connectivity index (χ4v) is 2.63. The van der Waals surface area contributed by atoms with E-state index in [0.29, 0.717) is 23.2 Å². The molecule has 1 saturated carbocycles. The Morgan fingerprint density at radius 2 is 2.15 bits per heavy atom. The first-order valence-electron chi connectivity index (χ1n) is 6.83. The second-order valence-electron chi connectivity index (χ2n) is 5.33. The summed E-state index contributed by atoms with van der Waals surface area (Å²) < 4.78 is 11.0. The number of ether oxygens (including phenoxy) is 1. The van der Waals surface area contributed by atoms with Gasteiger partial charge < -0.3 is 14.5 Å². The Labute approximate surface area is 123 Å². The van der Waals surface area contributed by atoms with Crippen LogP contribution in [0.5, 0.6) is 5.75 Å². The standard InChI is InChI=1S/C16H18ClNO2/c1-10-7-13(10)15-6-4-12(20-15)9-18-11-3-5-16(19-2)14(17)8-11/h3-6,8,10,13,18H,7,9H2,1-2H3. The second kappa shape index (κ2) is 5.41. The Kier molecular flexibility index (Phi) is 3.62. The Balaban J connectivity index is 1.61. The number of furan rings is 1. The van der Waals surface area contributed by atoms with Gasteiger partial charge in [0.2, 0.25) is 0 Å². The van der Waals surface area contributed by atoms with Crippen LogP contribution in [0.15, 0.2) is 34.7 Å². The SMILES string of the molecule is COc1ccc(NCc2ccc(C3CC3C)o2)cc1Cl. The first-order valence-corrected chi connectivity index (χ1v) is 7.21. The quantitative estimate of drug-likeness (QED) is 0.869. The van der Waals surface area contributed by atoms with Gasteiger partial charge in [0.25, 0.3) is 0 Å². The van der Waals surface area contributed by atoms with E-state index in [2.05, 4.69) is 18.3 Å². The molecule has 1 aromatic heterocycles. The van der Waals surface area contributed by atoms with Gasteiger partial charge in [-0.15, -0.1) is 0 Å². The van der Waals surface area contributed by atoms with Gasteiger partial charge in [-0.05, 0) is 42.7 Å². The molecular weight excluding hydrogens is 274 g/mol. The minimum atomic E-state index is 0.601. The summed E-state index contributed by atoms with van der Waals surface area (Å²) in [7, 11) is 1.61. The number of halogens is 1. The Bertz CT molecular complexity index is 608. The molecule has 1 N–H and O–H groups in total. The molecule has 3 nitrogen and oxygen atoms in total. The maximum Gasteiger partial charge on any atom is 0.137 e. The highest BCUT2D eigenvalue weighted by Crippen LogP contribution is 2.47. The lowest BCUT2D eigenvalue weighted by Crippen LogP contribution is -1.98. The zero-order valence-corrected chi connectivity index (χ0v) is 12.4. The van der Waals surface area contributed by atoms with Gasteiger partial charge in [-0.1, -0.05) is 18.5 Å². The molecule has 3 rings (SSSR count). The topological polar surface area (TPSA) is 34.4 Å². The van der Waals surface area contributed by atoms with Gasteiger partial charge in [0.05, 0.1) is 18.7 Å². The average molecular weight is 292 g/mol. The molecule has 0 spiro atoms. The van der Waals surface area contributed by atoms with Crippen molar-refractivity contribution in [2.45, 2.75) is 25.8 Å². The zero-order chi connectivity index (χ0) is 14.1. The van der Waals surface area contributed by atoms with E-state index in [1.807, 2.05) is 24.3 Å². The average Bonchev–Trinajstić information content (AvgIpc) is 3.00. The number of hydrogen-bond donors (Lipinski definition) is 1. The van der Waals surface area contributed by atoms with Crippen LogP contribution >= 0.6 is 11.6 Å². The van der Waals surface area contributed by atoms with Crippen LogP contribution < -0.4 is 10.1 Å². The predicted molar refractivity (Wildman–Crippen MR) is 80.6 cm³/mol. The molecule has 2 unspecified atom stereocenters. The van der Waals surface area contributed by atoms with E-state index in [1.54, 1.807) is 7.11 Å². The molecule has 2 aromatic rings. The van der Waals surface area contributed by atoms with Crippen LogP contribution in [0.1, 0.15) is 30.8 Å². The smallest absolute Gasteiger partial charge is 0.137 e. The number of rotatable bonds is 5. The van der Waals surface area contributed by atoms with Gasteiger partial charge in [0, 0.05) is 11.6 Å².